The van der Waals surface area contributed by atoms with Gasteiger partial charge in [-0.05, 0) is 23.3 Å². The van der Waals surface area contributed by atoms with Gasteiger partial charge in [-0.25, -0.2) is 4.98 Å². The fraction of sp³-hybridized carbons (Fsp3) is 0.200. The van der Waals surface area contributed by atoms with E-state index < -0.39 is 0 Å². The van der Waals surface area contributed by atoms with E-state index in [-0.39, 0.29) is 24.1 Å². The quantitative estimate of drug-likeness (QED) is 0.604. The summed E-state index contributed by atoms with van der Waals surface area (Å²) in [7, 11) is 1.72. The average Bonchev–Trinajstić information content (AvgIpc) is 3.05. The zero-order chi connectivity index (χ0) is 19.0. The lowest BCUT2D eigenvalue weighted by Gasteiger charge is -2.17. The first-order chi connectivity index (χ1) is 13.0. The minimum Gasteiger partial charge on any atom is -0.348 e. The van der Waals surface area contributed by atoms with Crippen LogP contribution in [0, 0.1) is 0 Å². The summed E-state index contributed by atoms with van der Waals surface area (Å²) in [6.45, 7) is 1.84. The van der Waals surface area contributed by atoms with Gasteiger partial charge in [0.1, 0.15) is 18.3 Å². The summed E-state index contributed by atoms with van der Waals surface area (Å²) < 4.78 is 2.83. The van der Waals surface area contributed by atoms with Gasteiger partial charge in [0.2, 0.25) is 5.91 Å². The summed E-state index contributed by atoms with van der Waals surface area (Å²) >= 11 is 0. The Morgan fingerprint density at radius 1 is 1.15 bits per heavy atom. The molecule has 0 radical (unpaired) electrons. The molecule has 0 aliphatic rings. The molecule has 0 aliphatic carbocycles. The van der Waals surface area contributed by atoms with Gasteiger partial charge in [0.05, 0.1) is 12.2 Å². The number of hydrogen-bond acceptors (Lipinski definition) is 4. The van der Waals surface area contributed by atoms with Gasteiger partial charge < -0.3 is 5.32 Å². The number of benzene rings is 2. The van der Waals surface area contributed by atoms with Crippen LogP contribution in [0.1, 0.15) is 18.5 Å². The molecule has 4 aromatic rings. The van der Waals surface area contributed by atoms with Crippen molar-refractivity contribution in [2.75, 3.05) is 0 Å². The van der Waals surface area contributed by atoms with E-state index in [1.54, 1.807) is 7.05 Å². The molecule has 0 aliphatic heterocycles. The van der Waals surface area contributed by atoms with Crippen LogP contribution in [-0.2, 0) is 18.4 Å². The van der Waals surface area contributed by atoms with Gasteiger partial charge in [-0.3, -0.25) is 18.8 Å². The van der Waals surface area contributed by atoms with Crippen molar-refractivity contribution >= 4 is 27.7 Å². The molecule has 136 valence electrons. The molecule has 0 fully saturated rings. The van der Waals surface area contributed by atoms with Crippen molar-refractivity contribution in [3.8, 4) is 0 Å². The Balaban J connectivity index is 1.56. The van der Waals surface area contributed by atoms with Crippen LogP contribution in [0.25, 0.3) is 21.8 Å². The molecule has 7 nitrogen and oxygen atoms in total. The van der Waals surface area contributed by atoms with E-state index in [0.717, 1.165) is 16.3 Å². The number of amides is 1. The highest BCUT2D eigenvalue weighted by molar-refractivity contribution is 5.87. The Hall–Kier alpha value is -3.48. The number of fused-ring (bicyclic) bond motifs is 2. The van der Waals surface area contributed by atoms with Crippen LogP contribution in [0.3, 0.4) is 0 Å². The Labute approximate surface area is 155 Å². The number of carbonyl (C=O) groups excluding carboxylic acids is 1. The second kappa shape index (κ2) is 6.68. The van der Waals surface area contributed by atoms with Crippen molar-refractivity contribution < 1.29 is 4.79 Å². The monoisotopic (exact) mass is 361 g/mol. The summed E-state index contributed by atoms with van der Waals surface area (Å²) in [4.78, 5) is 29.2. The van der Waals surface area contributed by atoms with Gasteiger partial charge in [0, 0.05) is 7.05 Å². The van der Waals surface area contributed by atoms with E-state index in [1.165, 1.54) is 21.8 Å². The smallest absolute Gasteiger partial charge is 0.264 e. The fourth-order valence-corrected chi connectivity index (χ4v) is 3.33. The van der Waals surface area contributed by atoms with Gasteiger partial charge in [-0.1, -0.05) is 42.5 Å². The molecule has 0 saturated heterocycles. The van der Waals surface area contributed by atoms with E-state index in [2.05, 4.69) is 15.4 Å². The molecule has 2 heterocycles. The van der Waals surface area contributed by atoms with Crippen LogP contribution in [0.5, 0.6) is 0 Å². The molecule has 2 aromatic carbocycles. The maximum absolute atomic E-state index is 12.5. The second-order valence-electron chi connectivity index (χ2n) is 6.54. The average molecular weight is 361 g/mol. The minimum absolute atomic E-state index is 0.0915. The van der Waals surface area contributed by atoms with E-state index in [9.17, 15) is 9.59 Å². The molecule has 4 rings (SSSR count). The summed E-state index contributed by atoms with van der Waals surface area (Å²) in [5.41, 5.74) is 1.26. The second-order valence-corrected chi connectivity index (χ2v) is 6.54. The Kier molecular flexibility index (Phi) is 4.19. The van der Waals surface area contributed by atoms with Crippen molar-refractivity contribution in [1.29, 1.82) is 0 Å². The van der Waals surface area contributed by atoms with Gasteiger partial charge in [0.15, 0.2) is 5.65 Å². The maximum atomic E-state index is 12.5. The predicted octanol–water partition coefficient (Wildman–Crippen LogP) is 2.16. The van der Waals surface area contributed by atoms with Crippen molar-refractivity contribution in [3.63, 3.8) is 0 Å². The standard InChI is InChI=1S/C20H19N5O2/c1-13(15-9-5-7-14-6-3-4-8-16(14)15)23-18(26)11-25-12-21-19-17(20(25)27)10-22-24(19)2/h3-10,12-13H,11H2,1-2H3,(H,23,26)/t13-/m0/s1. The molecule has 0 saturated carbocycles. The maximum Gasteiger partial charge on any atom is 0.264 e. The highest BCUT2D eigenvalue weighted by Crippen LogP contribution is 2.23. The summed E-state index contributed by atoms with van der Waals surface area (Å²) in [6, 6.07) is 13.9. The first kappa shape index (κ1) is 17.0. The lowest BCUT2D eigenvalue weighted by Crippen LogP contribution is -2.34. The van der Waals surface area contributed by atoms with E-state index >= 15 is 0 Å². The zero-order valence-electron chi connectivity index (χ0n) is 15.1. The van der Waals surface area contributed by atoms with Crippen molar-refractivity contribution in [2.45, 2.75) is 19.5 Å². The molecule has 1 N–H and O–H groups in total. The van der Waals surface area contributed by atoms with Crippen molar-refractivity contribution in [2.24, 2.45) is 7.05 Å². The molecule has 1 amide bonds. The molecular weight excluding hydrogens is 342 g/mol. The molecule has 2 aromatic heterocycles. The van der Waals surface area contributed by atoms with Gasteiger partial charge >= 0.3 is 0 Å². The molecule has 7 heteroatoms. The van der Waals surface area contributed by atoms with Gasteiger partial charge in [-0.2, -0.15) is 5.10 Å². The Morgan fingerprint density at radius 3 is 2.78 bits per heavy atom. The molecule has 27 heavy (non-hydrogen) atoms. The van der Waals surface area contributed by atoms with E-state index in [1.807, 2.05) is 49.4 Å². The number of nitrogens with zero attached hydrogens (tertiary/aromatic N) is 4. The SMILES string of the molecule is C[C@H](NC(=O)Cn1cnc2c(cnn2C)c1=O)c1cccc2ccccc12. The van der Waals surface area contributed by atoms with Crippen LogP contribution in [0.2, 0.25) is 0 Å². The molecule has 0 bridgehead atoms. The van der Waals surface area contributed by atoms with E-state index in [4.69, 9.17) is 0 Å². The van der Waals surface area contributed by atoms with Gasteiger partial charge in [0.25, 0.3) is 5.56 Å². The molecule has 1 atom stereocenters. The van der Waals surface area contributed by atoms with Crippen molar-refractivity contribution in [3.05, 3.63) is 70.9 Å². The third kappa shape index (κ3) is 3.08. The van der Waals surface area contributed by atoms with Crippen LogP contribution in [0.15, 0.2) is 59.8 Å². The number of hydrogen-bond donors (Lipinski definition) is 1. The first-order valence-corrected chi connectivity index (χ1v) is 8.69. The summed E-state index contributed by atoms with van der Waals surface area (Å²) in [6.07, 6.45) is 2.85. The largest absolute Gasteiger partial charge is 0.348 e. The Bertz CT molecular complexity index is 1200. The van der Waals surface area contributed by atoms with Gasteiger partial charge in [-0.15, -0.1) is 0 Å². The Morgan fingerprint density at radius 2 is 1.93 bits per heavy atom. The van der Waals surface area contributed by atoms with Crippen molar-refractivity contribution in [1.82, 2.24) is 24.6 Å². The number of aromatic nitrogens is 4. The van der Waals surface area contributed by atoms with E-state index in [0.29, 0.717) is 11.0 Å². The first-order valence-electron chi connectivity index (χ1n) is 8.69. The zero-order valence-corrected chi connectivity index (χ0v) is 15.1. The fourth-order valence-electron chi connectivity index (χ4n) is 3.33. The lowest BCUT2D eigenvalue weighted by molar-refractivity contribution is -0.122. The highest BCUT2D eigenvalue weighted by Gasteiger charge is 2.14. The summed E-state index contributed by atoms with van der Waals surface area (Å²) in [5.74, 6) is -0.248. The normalized spacial score (nSPS) is 12.4. The highest BCUT2D eigenvalue weighted by atomic mass is 16.2. The number of nitrogens with one attached hydrogen (secondary N) is 1. The number of aryl methyl sites for hydroxylation is 1. The third-order valence-corrected chi connectivity index (χ3v) is 4.70. The third-order valence-electron chi connectivity index (χ3n) is 4.70. The topological polar surface area (TPSA) is 81.8 Å². The molecule has 0 unspecified atom stereocenters. The number of carbonyl (C=O) groups is 1. The van der Waals surface area contributed by atoms with Crippen LogP contribution in [0.4, 0.5) is 0 Å². The lowest BCUT2D eigenvalue weighted by atomic mass is 10.00. The minimum atomic E-state index is -0.277. The van der Waals surface area contributed by atoms with Crippen LogP contribution in [-0.4, -0.2) is 25.2 Å². The number of rotatable bonds is 4. The van der Waals surface area contributed by atoms with Crippen LogP contribution < -0.4 is 10.9 Å². The van der Waals surface area contributed by atoms with Crippen LogP contribution >= 0.6 is 0 Å². The molecular formula is C20H19N5O2. The predicted molar refractivity (Wildman–Crippen MR) is 103 cm³/mol. The molecule has 0 spiro atoms. The summed E-state index contributed by atoms with van der Waals surface area (Å²) in [5, 5.41) is 9.63.